The van der Waals surface area contributed by atoms with Gasteiger partial charge in [-0.25, -0.2) is 13.8 Å². The van der Waals surface area contributed by atoms with Crippen molar-refractivity contribution in [2.45, 2.75) is 70.5 Å². The third-order valence-electron chi connectivity index (χ3n) is 6.20. The Bertz CT molecular complexity index is 1060. The molecule has 8 nitrogen and oxygen atoms in total. The number of carbonyl (C=O) groups is 1. The molecule has 3 heterocycles. The molecule has 0 spiro atoms. The molecule has 0 radical (unpaired) electrons. The van der Waals surface area contributed by atoms with Gasteiger partial charge < -0.3 is 25.6 Å². The second-order valence-electron chi connectivity index (χ2n) is 10.7. The zero-order valence-electron chi connectivity index (χ0n) is 20.8. The normalized spacial score (nSPS) is 19.6. The van der Waals surface area contributed by atoms with Gasteiger partial charge in [0.2, 0.25) is 11.9 Å². The Balaban J connectivity index is 1.42. The number of piperidine rings is 1. The molecule has 3 N–H and O–H groups in total. The predicted molar refractivity (Wildman–Crippen MR) is 131 cm³/mol. The third kappa shape index (κ3) is 6.78. The molecule has 2 aromatic rings. The molecule has 1 aromatic heterocycles. The summed E-state index contributed by atoms with van der Waals surface area (Å²) in [5.74, 6) is -0.375. The average molecular weight is 489 g/mol. The molecule has 1 aromatic carbocycles. The van der Waals surface area contributed by atoms with Crippen LogP contribution in [-0.2, 0) is 4.79 Å². The van der Waals surface area contributed by atoms with Crippen LogP contribution in [0.25, 0.3) is 0 Å². The van der Waals surface area contributed by atoms with Crippen LogP contribution in [0.4, 0.5) is 26.2 Å². The first kappa shape index (κ1) is 25.1. The van der Waals surface area contributed by atoms with Crippen LogP contribution in [0.15, 0.2) is 24.4 Å². The van der Waals surface area contributed by atoms with Gasteiger partial charge in [-0.1, -0.05) is 0 Å². The number of aromatic nitrogens is 2. The monoisotopic (exact) mass is 488 g/mol. The summed E-state index contributed by atoms with van der Waals surface area (Å²) < 4.78 is 34.4. The SMILES string of the molecule is CC1(C)CC(Nc2nc(Nc3cc(F)cc(OCCN4CCCC4=O)c3)ncc2F)CC(C)(C)N1. The summed E-state index contributed by atoms with van der Waals surface area (Å²) in [5, 5.41) is 9.77. The van der Waals surface area contributed by atoms with Crippen molar-refractivity contribution in [2.75, 3.05) is 30.3 Å². The number of ether oxygens (including phenoxy) is 1. The number of amides is 1. The van der Waals surface area contributed by atoms with Crippen molar-refractivity contribution in [3.8, 4) is 5.75 Å². The van der Waals surface area contributed by atoms with E-state index in [4.69, 9.17) is 4.74 Å². The highest BCUT2D eigenvalue weighted by Crippen LogP contribution is 2.31. The zero-order valence-corrected chi connectivity index (χ0v) is 20.8. The average Bonchev–Trinajstić information content (AvgIpc) is 3.12. The number of rotatable bonds is 8. The molecule has 4 rings (SSSR count). The number of likely N-dealkylation sites (tertiary alicyclic amines) is 1. The number of nitrogens with zero attached hydrogens (tertiary/aromatic N) is 3. The van der Waals surface area contributed by atoms with Gasteiger partial charge in [0, 0.05) is 47.9 Å². The number of hydrogen-bond acceptors (Lipinski definition) is 7. The molecular formula is C25H34F2N6O2. The standard InChI is InChI=1S/C25H34F2N6O2/c1-24(2)13-18(14-25(3,4)32-24)29-22-20(27)15-28-23(31-22)30-17-10-16(26)11-19(12-17)35-9-8-33-7-5-6-21(33)34/h10-12,15,18,32H,5-9,13-14H2,1-4H3,(H2,28,29,30,31). The van der Waals surface area contributed by atoms with E-state index in [-0.39, 0.29) is 41.4 Å². The van der Waals surface area contributed by atoms with Crippen LogP contribution in [0.1, 0.15) is 53.4 Å². The van der Waals surface area contributed by atoms with Crippen molar-refractivity contribution in [3.05, 3.63) is 36.0 Å². The smallest absolute Gasteiger partial charge is 0.229 e. The van der Waals surface area contributed by atoms with Gasteiger partial charge in [-0.15, -0.1) is 0 Å². The lowest BCUT2D eigenvalue weighted by atomic mass is 9.79. The summed E-state index contributed by atoms with van der Waals surface area (Å²) in [6, 6.07) is 4.20. The van der Waals surface area contributed by atoms with E-state index >= 15 is 0 Å². The third-order valence-corrected chi connectivity index (χ3v) is 6.20. The highest BCUT2D eigenvalue weighted by molar-refractivity contribution is 5.78. The van der Waals surface area contributed by atoms with Crippen molar-refractivity contribution >= 4 is 23.4 Å². The number of hydrogen-bond donors (Lipinski definition) is 3. The van der Waals surface area contributed by atoms with E-state index in [2.05, 4.69) is 53.6 Å². The van der Waals surface area contributed by atoms with Gasteiger partial charge in [0.25, 0.3) is 0 Å². The fraction of sp³-hybridized carbons (Fsp3) is 0.560. The van der Waals surface area contributed by atoms with E-state index in [1.165, 1.54) is 12.1 Å². The minimum atomic E-state index is -0.551. The van der Waals surface area contributed by atoms with Gasteiger partial charge in [-0.3, -0.25) is 4.79 Å². The molecule has 2 fully saturated rings. The van der Waals surface area contributed by atoms with Crippen LogP contribution in [0, 0.1) is 11.6 Å². The second kappa shape index (κ2) is 9.93. The van der Waals surface area contributed by atoms with Crippen LogP contribution in [0.2, 0.25) is 0 Å². The number of carbonyl (C=O) groups excluding carboxylic acids is 1. The highest BCUT2D eigenvalue weighted by Gasteiger charge is 2.38. The Labute approximate surface area is 204 Å². The summed E-state index contributed by atoms with van der Waals surface area (Å²) in [6.45, 7) is 9.94. The van der Waals surface area contributed by atoms with Gasteiger partial charge in [-0.05, 0) is 53.0 Å². The fourth-order valence-electron chi connectivity index (χ4n) is 5.21. The van der Waals surface area contributed by atoms with Gasteiger partial charge in [-0.2, -0.15) is 4.98 Å². The first-order valence-electron chi connectivity index (χ1n) is 12.0. The molecule has 190 valence electrons. The summed E-state index contributed by atoms with van der Waals surface area (Å²) in [4.78, 5) is 21.8. The molecular weight excluding hydrogens is 454 g/mol. The molecule has 35 heavy (non-hydrogen) atoms. The van der Waals surface area contributed by atoms with E-state index in [1.54, 1.807) is 11.0 Å². The molecule has 10 heteroatoms. The summed E-state index contributed by atoms with van der Waals surface area (Å²) in [6.07, 6.45) is 4.12. The molecule has 2 aliphatic rings. The first-order chi connectivity index (χ1) is 16.5. The summed E-state index contributed by atoms with van der Waals surface area (Å²) in [5.41, 5.74) is 0.160. The first-order valence-corrected chi connectivity index (χ1v) is 12.0. The quantitative estimate of drug-likeness (QED) is 0.512. The second-order valence-corrected chi connectivity index (χ2v) is 10.7. The highest BCUT2D eigenvalue weighted by atomic mass is 19.1. The van der Waals surface area contributed by atoms with E-state index < -0.39 is 11.6 Å². The molecule has 0 saturated carbocycles. The number of nitrogens with one attached hydrogen (secondary N) is 3. The maximum Gasteiger partial charge on any atom is 0.229 e. The minimum absolute atomic E-state index is 0.0233. The van der Waals surface area contributed by atoms with Gasteiger partial charge in [0.15, 0.2) is 11.6 Å². The molecule has 2 aliphatic heterocycles. The molecule has 0 atom stereocenters. The largest absolute Gasteiger partial charge is 0.492 e. The lowest BCUT2D eigenvalue weighted by Crippen LogP contribution is -2.60. The maximum atomic E-state index is 14.5. The van der Waals surface area contributed by atoms with E-state index in [0.717, 1.165) is 32.0 Å². The zero-order chi connectivity index (χ0) is 25.2. The molecule has 2 saturated heterocycles. The number of halogens is 2. The van der Waals surface area contributed by atoms with Crippen molar-refractivity contribution in [1.82, 2.24) is 20.2 Å². The molecule has 0 unspecified atom stereocenters. The van der Waals surface area contributed by atoms with E-state index in [1.807, 2.05) is 0 Å². The molecule has 1 amide bonds. The van der Waals surface area contributed by atoms with Gasteiger partial charge >= 0.3 is 0 Å². The van der Waals surface area contributed by atoms with Crippen molar-refractivity contribution < 1.29 is 18.3 Å². The number of anilines is 3. The molecule has 0 aliphatic carbocycles. The van der Waals surface area contributed by atoms with Gasteiger partial charge in [0.1, 0.15) is 18.2 Å². The number of benzene rings is 1. The van der Waals surface area contributed by atoms with Crippen molar-refractivity contribution in [2.24, 2.45) is 0 Å². The van der Waals surface area contributed by atoms with Crippen LogP contribution >= 0.6 is 0 Å². The van der Waals surface area contributed by atoms with Crippen LogP contribution in [0.5, 0.6) is 5.75 Å². The van der Waals surface area contributed by atoms with Crippen LogP contribution < -0.4 is 20.7 Å². The summed E-state index contributed by atoms with van der Waals surface area (Å²) in [7, 11) is 0. The summed E-state index contributed by atoms with van der Waals surface area (Å²) >= 11 is 0. The predicted octanol–water partition coefficient (Wildman–Crippen LogP) is 4.22. The minimum Gasteiger partial charge on any atom is -0.492 e. The van der Waals surface area contributed by atoms with Crippen LogP contribution in [0.3, 0.4) is 0 Å². The fourth-order valence-corrected chi connectivity index (χ4v) is 5.21. The lowest BCUT2D eigenvalue weighted by molar-refractivity contribution is -0.128. The Morgan fingerprint density at radius 3 is 2.60 bits per heavy atom. The van der Waals surface area contributed by atoms with Gasteiger partial charge in [0.05, 0.1) is 12.7 Å². The molecule has 0 bridgehead atoms. The topological polar surface area (TPSA) is 91.4 Å². The van der Waals surface area contributed by atoms with Crippen molar-refractivity contribution in [1.29, 1.82) is 0 Å². The van der Waals surface area contributed by atoms with E-state index in [9.17, 15) is 13.6 Å². The Hall–Kier alpha value is -3.01. The van der Waals surface area contributed by atoms with E-state index in [0.29, 0.717) is 24.4 Å². The van der Waals surface area contributed by atoms with Crippen LogP contribution in [-0.4, -0.2) is 57.6 Å². The lowest BCUT2D eigenvalue weighted by Gasteiger charge is -2.46. The van der Waals surface area contributed by atoms with Crippen molar-refractivity contribution in [3.63, 3.8) is 0 Å². The maximum absolute atomic E-state index is 14.5. The Morgan fingerprint density at radius 1 is 1.17 bits per heavy atom. The Kier molecular flexibility index (Phi) is 7.12. The Morgan fingerprint density at radius 2 is 1.91 bits per heavy atom.